The molecule has 14 heavy (non-hydrogen) atoms. The van der Waals surface area contributed by atoms with E-state index in [1.807, 2.05) is 0 Å². The summed E-state index contributed by atoms with van der Waals surface area (Å²) in [6.07, 6.45) is 6.57. The van der Waals surface area contributed by atoms with Gasteiger partial charge in [-0.15, -0.1) is 11.6 Å². The van der Waals surface area contributed by atoms with Crippen LogP contribution in [0.5, 0.6) is 0 Å². The largest absolute Gasteiger partial charge is 0.313 e. The van der Waals surface area contributed by atoms with Crippen molar-refractivity contribution in [2.24, 2.45) is 5.41 Å². The Balaban J connectivity index is 2.11. The van der Waals surface area contributed by atoms with Crippen molar-refractivity contribution in [3.8, 4) is 0 Å². The van der Waals surface area contributed by atoms with Crippen molar-refractivity contribution in [1.82, 2.24) is 5.32 Å². The Hall–Kier alpha value is 0.250. The first-order valence-electron chi connectivity index (χ1n) is 5.85. The summed E-state index contributed by atoms with van der Waals surface area (Å²) in [6.45, 7) is 7.72. The molecule has 0 spiro atoms. The lowest BCUT2D eigenvalue weighted by Crippen LogP contribution is -2.33. The summed E-state index contributed by atoms with van der Waals surface area (Å²) in [5.41, 5.74) is 0.351. The maximum Gasteiger partial charge on any atom is 0.0465 e. The summed E-state index contributed by atoms with van der Waals surface area (Å²) < 4.78 is 0. The standard InChI is InChI=1S/C12H24ClN/c1-12(2,3)8-10(13)9-14-11-6-4-5-7-11/h10-11,14H,4-9H2,1-3H3. The minimum Gasteiger partial charge on any atom is -0.313 e. The Kier molecular flexibility index (Phi) is 4.72. The fourth-order valence-electron chi connectivity index (χ4n) is 2.16. The third kappa shape index (κ3) is 5.21. The molecule has 0 bridgehead atoms. The van der Waals surface area contributed by atoms with Gasteiger partial charge in [-0.3, -0.25) is 0 Å². The van der Waals surface area contributed by atoms with Crippen LogP contribution in [-0.2, 0) is 0 Å². The number of alkyl halides is 1. The van der Waals surface area contributed by atoms with Gasteiger partial charge >= 0.3 is 0 Å². The Labute approximate surface area is 93.6 Å². The van der Waals surface area contributed by atoms with Crippen molar-refractivity contribution in [1.29, 1.82) is 0 Å². The van der Waals surface area contributed by atoms with Crippen LogP contribution in [0.15, 0.2) is 0 Å². The zero-order valence-corrected chi connectivity index (χ0v) is 10.5. The molecule has 1 rings (SSSR count). The molecule has 1 fully saturated rings. The van der Waals surface area contributed by atoms with Crippen LogP contribution in [0.2, 0.25) is 0 Å². The number of halogens is 1. The van der Waals surface area contributed by atoms with Gasteiger partial charge in [0.2, 0.25) is 0 Å². The molecule has 1 aliphatic carbocycles. The van der Waals surface area contributed by atoms with Gasteiger partial charge in [-0.25, -0.2) is 0 Å². The quantitative estimate of drug-likeness (QED) is 0.711. The molecule has 0 saturated heterocycles. The molecule has 2 heteroatoms. The van der Waals surface area contributed by atoms with Gasteiger partial charge in [0, 0.05) is 18.0 Å². The second kappa shape index (κ2) is 5.37. The monoisotopic (exact) mass is 217 g/mol. The predicted octanol–water partition coefficient (Wildman–Crippen LogP) is 3.56. The van der Waals surface area contributed by atoms with Gasteiger partial charge in [-0.2, -0.15) is 0 Å². The van der Waals surface area contributed by atoms with Crippen molar-refractivity contribution in [2.45, 2.75) is 64.3 Å². The lowest BCUT2D eigenvalue weighted by Gasteiger charge is -2.23. The van der Waals surface area contributed by atoms with E-state index in [0.29, 0.717) is 5.41 Å². The molecule has 1 nitrogen and oxygen atoms in total. The summed E-state index contributed by atoms with van der Waals surface area (Å²) in [7, 11) is 0. The van der Waals surface area contributed by atoms with Crippen LogP contribution in [0, 0.1) is 5.41 Å². The smallest absolute Gasteiger partial charge is 0.0465 e. The van der Waals surface area contributed by atoms with E-state index in [4.69, 9.17) is 11.6 Å². The molecule has 1 saturated carbocycles. The maximum absolute atomic E-state index is 6.28. The van der Waals surface area contributed by atoms with Gasteiger partial charge in [0.05, 0.1) is 0 Å². The van der Waals surface area contributed by atoms with Crippen molar-refractivity contribution >= 4 is 11.6 Å². The highest BCUT2D eigenvalue weighted by Crippen LogP contribution is 2.24. The fraction of sp³-hybridized carbons (Fsp3) is 1.00. The Morgan fingerprint density at radius 1 is 1.29 bits per heavy atom. The van der Waals surface area contributed by atoms with Crippen LogP contribution in [0.25, 0.3) is 0 Å². The SMILES string of the molecule is CC(C)(C)CC(Cl)CNC1CCCC1. The molecule has 0 amide bonds. The van der Waals surface area contributed by atoms with Crippen LogP contribution in [-0.4, -0.2) is 18.0 Å². The van der Waals surface area contributed by atoms with Crippen molar-refractivity contribution < 1.29 is 0 Å². The second-order valence-electron chi connectivity index (χ2n) is 5.75. The van der Waals surface area contributed by atoms with Gasteiger partial charge in [0.15, 0.2) is 0 Å². The molecule has 1 atom stereocenters. The Bertz CT molecular complexity index is 156. The summed E-state index contributed by atoms with van der Waals surface area (Å²) >= 11 is 6.28. The molecule has 0 aromatic heterocycles. The highest BCUT2D eigenvalue weighted by molar-refractivity contribution is 6.20. The summed E-state index contributed by atoms with van der Waals surface area (Å²) in [5, 5.41) is 3.86. The molecule has 1 aliphatic rings. The van der Waals surface area contributed by atoms with E-state index in [1.165, 1.54) is 25.7 Å². The lowest BCUT2D eigenvalue weighted by molar-refractivity contribution is 0.359. The molecule has 0 aromatic carbocycles. The van der Waals surface area contributed by atoms with Gasteiger partial charge in [-0.1, -0.05) is 33.6 Å². The van der Waals surface area contributed by atoms with Crippen molar-refractivity contribution in [2.75, 3.05) is 6.54 Å². The molecule has 84 valence electrons. The van der Waals surface area contributed by atoms with Crippen molar-refractivity contribution in [3.63, 3.8) is 0 Å². The Morgan fingerprint density at radius 2 is 1.86 bits per heavy atom. The number of nitrogens with one attached hydrogen (secondary N) is 1. The minimum atomic E-state index is 0.288. The summed E-state index contributed by atoms with van der Waals surface area (Å²) in [4.78, 5) is 0. The number of rotatable bonds is 4. The topological polar surface area (TPSA) is 12.0 Å². The van der Waals surface area contributed by atoms with Crippen LogP contribution < -0.4 is 5.32 Å². The molecule has 0 heterocycles. The van der Waals surface area contributed by atoms with Crippen LogP contribution in [0.3, 0.4) is 0 Å². The van der Waals surface area contributed by atoms with Gasteiger partial charge < -0.3 is 5.32 Å². The van der Waals surface area contributed by atoms with Gasteiger partial charge in [0.25, 0.3) is 0 Å². The van der Waals surface area contributed by atoms with E-state index in [0.717, 1.165) is 19.0 Å². The normalized spacial score (nSPS) is 21.4. The first-order valence-corrected chi connectivity index (χ1v) is 6.28. The van der Waals surface area contributed by atoms with E-state index >= 15 is 0 Å². The molecule has 0 radical (unpaired) electrons. The minimum absolute atomic E-state index is 0.288. The fourth-order valence-corrected chi connectivity index (χ4v) is 2.71. The zero-order valence-electron chi connectivity index (χ0n) is 9.78. The lowest BCUT2D eigenvalue weighted by atomic mass is 9.90. The summed E-state index contributed by atoms with van der Waals surface area (Å²) in [6, 6.07) is 0.746. The Morgan fingerprint density at radius 3 is 2.36 bits per heavy atom. The van der Waals surface area contributed by atoms with E-state index in [1.54, 1.807) is 0 Å². The predicted molar refractivity (Wildman–Crippen MR) is 64.0 cm³/mol. The summed E-state index contributed by atoms with van der Waals surface area (Å²) in [5.74, 6) is 0. The third-order valence-electron chi connectivity index (χ3n) is 2.82. The average molecular weight is 218 g/mol. The van der Waals surface area contributed by atoms with Crippen LogP contribution in [0.4, 0.5) is 0 Å². The third-order valence-corrected chi connectivity index (χ3v) is 3.13. The zero-order chi connectivity index (χ0) is 10.6. The van der Waals surface area contributed by atoms with Crippen molar-refractivity contribution in [3.05, 3.63) is 0 Å². The maximum atomic E-state index is 6.28. The first-order chi connectivity index (χ1) is 6.47. The van der Waals surface area contributed by atoms with E-state index < -0.39 is 0 Å². The van der Waals surface area contributed by atoms with Gasteiger partial charge in [0.1, 0.15) is 0 Å². The van der Waals surface area contributed by atoms with E-state index in [9.17, 15) is 0 Å². The van der Waals surface area contributed by atoms with Gasteiger partial charge in [-0.05, 0) is 24.7 Å². The molecule has 1 N–H and O–H groups in total. The first kappa shape index (κ1) is 12.3. The number of hydrogen-bond donors (Lipinski definition) is 1. The molecule has 0 aromatic rings. The van der Waals surface area contributed by atoms with Crippen LogP contribution in [0.1, 0.15) is 52.9 Å². The highest BCUT2D eigenvalue weighted by Gasteiger charge is 2.19. The average Bonchev–Trinajstić information content (AvgIpc) is 2.49. The number of hydrogen-bond acceptors (Lipinski definition) is 1. The molecular formula is C12H24ClN. The van der Waals surface area contributed by atoms with E-state index in [2.05, 4.69) is 26.1 Å². The van der Waals surface area contributed by atoms with Crippen LogP contribution >= 0.6 is 11.6 Å². The highest BCUT2D eigenvalue weighted by atomic mass is 35.5. The molecular weight excluding hydrogens is 194 g/mol. The second-order valence-corrected chi connectivity index (χ2v) is 6.37. The van der Waals surface area contributed by atoms with E-state index in [-0.39, 0.29) is 5.38 Å². The molecule has 0 aliphatic heterocycles. The molecule has 1 unspecified atom stereocenters.